The van der Waals surface area contributed by atoms with Crippen LogP contribution in [0, 0.1) is 0 Å². The quantitative estimate of drug-likeness (QED) is 0.658. The van der Waals surface area contributed by atoms with Gasteiger partial charge in [-0.3, -0.25) is 0 Å². The molecular weight excluding hydrogens is 200 g/mol. The van der Waals surface area contributed by atoms with Crippen LogP contribution in [0.4, 0.5) is 0 Å². The Morgan fingerprint density at radius 2 is 2.00 bits per heavy atom. The monoisotopic (exact) mass is 220 g/mol. The van der Waals surface area contributed by atoms with Crippen molar-refractivity contribution in [1.82, 2.24) is 0 Å². The molecule has 0 saturated carbocycles. The Kier molecular flexibility index (Phi) is 5.04. The molecule has 0 aromatic carbocycles. The smallest absolute Gasteiger partial charge is 0.334 e. The summed E-state index contributed by atoms with van der Waals surface area (Å²) < 4.78 is 21.9. The number of hydrogen-bond acceptors (Lipinski definition) is 4. The van der Waals surface area contributed by atoms with Gasteiger partial charge in [-0.2, -0.15) is 0 Å². The van der Waals surface area contributed by atoms with E-state index in [9.17, 15) is 0 Å². The molecular formula is C9H20O4Si. The van der Waals surface area contributed by atoms with Gasteiger partial charge in [0.05, 0.1) is 19.8 Å². The molecule has 1 unspecified atom stereocenters. The predicted molar refractivity (Wildman–Crippen MR) is 55.4 cm³/mol. The maximum absolute atomic E-state index is 5.73. The average Bonchev–Trinajstić information content (AvgIpc) is 2.27. The van der Waals surface area contributed by atoms with Gasteiger partial charge in [0.2, 0.25) is 0 Å². The lowest BCUT2D eigenvalue weighted by atomic mass is 10.4. The molecule has 0 aromatic heterocycles. The zero-order valence-electron chi connectivity index (χ0n) is 9.25. The Hall–Kier alpha value is 0.0569. The third-order valence-corrected chi connectivity index (χ3v) is 5.42. The van der Waals surface area contributed by atoms with Crippen LogP contribution in [0.25, 0.3) is 0 Å². The molecule has 1 rings (SSSR count). The van der Waals surface area contributed by atoms with Crippen LogP contribution in [-0.4, -0.2) is 41.8 Å². The van der Waals surface area contributed by atoms with E-state index in [1.807, 2.05) is 0 Å². The first-order valence-electron chi connectivity index (χ1n) is 5.12. The molecule has 1 heterocycles. The first-order chi connectivity index (χ1) is 6.70. The summed E-state index contributed by atoms with van der Waals surface area (Å²) in [7, 11) is -0.235. The molecule has 0 amide bonds. The molecule has 4 nitrogen and oxygen atoms in total. The van der Waals surface area contributed by atoms with E-state index in [0.29, 0.717) is 6.61 Å². The molecule has 1 atom stereocenters. The Balaban J connectivity index is 2.23. The summed E-state index contributed by atoms with van der Waals surface area (Å²) in [5, 5.41) is 0. The van der Waals surface area contributed by atoms with E-state index in [0.717, 1.165) is 25.7 Å². The zero-order valence-corrected chi connectivity index (χ0v) is 10.2. The van der Waals surface area contributed by atoms with Gasteiger partial charge in [-0.15, -0.1) is 0 Å². The standard InChI is InChI=1S/C9H20O4Si/c1-4-14(3,10-2)13-8-9-11-6-5-7-12-9/h9H,4-8H2,1-3H3. The summed E-state index contributed by atoms with van der Waals surface area (Å²) in [6, 6.07) is 0.941. The SMILES string of the molecule is CC[Si](C)(OC)OCC1OCCCO1. The van der Waals surface area contributed by atoms with Crippen molar-refractivity contribution in [2.75, 3.05) is 26.9 Å². The van der Waals surface area contributed by atoms with Crippen molar-refractivity contribution in [2.24, 2.45) is 0 Å². The van der Waals surface area contributed by atoms with Crippen LogP contribution >= 0.6 is 0 Å². The number of hydrogen-bond donors (Lipinski definition) is 0. The van der Waals surface area contributed by atoms with Gasteiger partial charge in [0, 0.05) is 7.11 Å². The summed E-state index contributed by atoms with van der Waals surface area (Å²) >= 11 is 0. The fourth-order valence-corrected chi connectivity index (χ4v) is 2.28. The first-order valence-corrected chi connectivity index (χ1v) is 7.65. The van der Waals surface area contributed by atoms with Crippen LogP contribution in [0.1, 0.15) is 13.3 Å². The molecule has 0 N–H and O–H groups in total. The second-order valence-corrected chi connectivity index (χ2v) is 7.20. The van der Waals surface area contributed by atoms with E-state index in [1.54, 1.807) is 7.11 Å². The lowest BCUT2D eigenvalue weighted by Crippen LogP contribution is -2.41. The summed E-state index contributed by atoms with van der Waals surface area (Å²) in [5.74, 6) is 0. The van der Waals surface area contributed by atoms with E-state index in [-0.39, 0.29) is 6.29 Å². The molecule has 0 bridgehead atoms. The lowest BCUT2D eigenvalue weighted by molar-refractivity contribution is -0.193. The van der Waals surface area contributed by atoms with Gasteiger partial charge in [-0.25, -0.2) is 0 Å². The lowest BCUT2D eigenvalue weighted by Gasteiger charge is -2.28. The summed E-state index contributed by atoms with van der Waals surface area (Å²) in [4.78, 5) is 0. The van der Waals surface area contributed by atoms with Crippen LogP contribution < -0.4 is 0 Å². The topological polar surface area (TPSA) is 36.9 Å². The molecule has 0 aliphatic carbocycles. The van der Waals surface area contributed by atoms with Crippen molar-refractivity contribution in [1.29, 1.82) is 0 Å². The first kappa shape index (κ1) is 12.1. The molecule has 1 saturated heterocycles. The molecule has 5 heteroatoms. The molecule has 84 valence electrons. The van der Waals surface area contributed by atoms with Crippen LogP contribution in [0.2, 0.25) is 12.6 Å². The average molecular weight is 220 g/mol. The van der Waals surface area contributed by atoms with Crippen molar-refractivity contribution < 1.29 is 18.3 Å². The number of rotatable bonds is 5. The summed E-state index contributed by atoms with van der Waals surface area (Å²) in [6.07, 6.45) is 0.778. The Morgan fingerprint density at radius 1 is 1.36 bits per heavy atom. The number of ether oxygens (including phenoxy) is 2. The van der Waals surface area contributed by atoms with Crippen molar-refractivity contribution in [3.63, 3.8) is 0 Å². The van der Waals surface area contributed by atoms with Crippen LogP contribution in [-0.2, 0) is 18.3 Å². The van der Waals surface area contributed by atoms with Gasteiger partial charge >= 0.3 is 8.56 Å². The van der Waals surface area contributed by atoms with Crippen molar-refractivity contribution in [3.05, 3.63) is 0 Å². The maximum atomic E-state index is 5.73. The molecule has 1 fully saturated rings. The minimum Gasteiger partial charge on any atom is -0.398 e. The fourth-order valence-electron chi connectivity index (χ4n) is 1.18. The maximum Gasteiger partial charge on any atom is 0.334 e. The highest BCUT2D eigenvalue weighted by atomic mass is 28.4. The molecule has 1 aliphatic rings. The van der Waals surface area contributed by atoms with Crippen LogP contribution in [0.3, 0.4) is 0 Å². The second-order valence-electron chi connectivity index (χ2n) is 3.53. The van der Waals surface area contributed by atoms with Gasteiger partial charge in [0.1, 0.15) is 0 Å². The van der Waals surface area contributed by atoms with Crippen LogP contribution in [0.15, 0.2) is 0 Å². The second kappa shape index (κ2) is 5.82. The fraction of sp³-hybridized carbons (Fsp3) is 1.00. The third kappa shape index (κ3) is 3.66. The Morgan fingerprint density at radius 3 is 2.50 bits per heavy atom. The largest absolute Gasteiger partial charge is 0.398 e. The van der Waals surface area contributed by atoms with Gasteiger partial charge in [-0.1, -0.05) is 6.92 Å². The van der Waals surface area contributed by atoms with E-state index in [4.69, 9.17) is 18.3 Å². The molecule has 0 spiro atoms. The minimum absolute atomic E-state index is 0.197. The third-order valence-electron chi connectivity index (χ3n) is 2.49. The molecule has 14 heavy (non-hydrogen) atoms. The van der Waals surface area contributed by atoms with Crippen molar-refractivity contribution in [2.45, 2.75) is 32.2 Å². The Bertz CT molecular complexity index is 155. The predicted octanol–water partition coefficient (Wildman–Crippen LogP) is 1.50. The van der Waals surface area contributed by atoms with Gasteiger partial charge in [0.25, 0.3) is 0 Å². The van der Waals surface area contributed by atoms with Gasteiger partial charge in [-0.05, 0) is 19.0 Å². The van der Waals surface area contributed by atoms with Gasteiger partial charge in [0.15, 0.2) is 6.29 Å². The molecule has 1 aliphatic heterocycles. The molecule has 0 aromatic rings. The summed E-state index contributed by atoms with van der Waals surface area (Å²) in [6.45, 7) is 6.16. The van der Waals surface area contributed by atoms with Crippen LogP contribution in [0.5, 0.6) is 0 Å². The summed E-state index contributed by atoms with van der Waals surface area (Å²) in [5.41, 5.74) is 0. The normalized spacial score (nSPS) is 23.4. The van der Waals surface area contributed by atoms with E-state index >= 15 is 0 Å². The van der Waals surface area contributed by atoms with E-state index in [1.165, 1.54) is 0 Å². The highest BCUT2D eigenvalue weighted by Crippen LogP contribution is 2.14. The highest BCUT2D eigenvalue weighted by molar-refractivity contribution is 6.65. The molecule has 0 radical (unpaired) electrons. The Labute approximate surface area is 86.7 Å². The highest BCUT2D eigenvalue weighted by Gasteiger charge is 2.29. The van der Waals surface area contributed by atoms with Gasteiger partial charge < -0.3 is 18.3 Å². The minimum atomic E-state index is -1.94. The van der Waals surface area contributed by atoms with Crippen molar-refractivity contribution in [3.8, 4) is 0 Å². The zero-order chi connectivity index (χ0) is 10.4. The van der Waals surface area contributed by atoms with E-state index in [2.05, 4.69) is 13.5 Å². The van der Waals surface area contributed by atoms with E-state index < -0.39 is 8.56 Å². The van der Waals surface area contributed by atoms with Crippen molar-refractivity contribution >= 4 is 8.56 Å².